The number of hydrogen-bond donors (Lipinski definition) is 2. The van der Waals surface area contributed by atoms with Gasteiger partial charge in [0.2, 0.25) is 5.91 Å². The van der Waals surface area contributed by atoms with Gasteiger partial charge in [0.15, 0.2) is 17.3 Å². The number of aromatic hydroxyl groups is 1. The van der Waals surface area contributed by atoms with Crippen LogP contribution in [0.3, 0.4) is 0 Å². The van der Waals surface area contributed by atoms with Crippen LogP contribution >= 0.6 is 16.1 Å². The molecule has 3 N–H and O–H groups in total. The number of amides is 1. The van der Waals surface area contributed by atoms with Crippen molar-refractivity contribution in [1.82, 2.24) is 4.90 Å². The molecule has 2 aromatic carbocycles. The summed E-state index contributed by atoms with van der Waals surface area (Å²) in [5, 5.41) is 10.9. The van der Waals surface area contributed by atoms with Crippen LogP contribution in [0.2, 0.25) is 0 Å². The van der Waals surface area contributed by atoms with Crippen LogP contribution in [-0.2, 0) is 10.2 Å². The average molecular weight is 573 g/mol. The number of nitrogens with two attached hydrogens (primary N) is 1. The number of benzene rings is 2. The van der Waals surface area contributed by atoms with Gasteiger partial charge in [-0.1, -0.05) is 64.4 Å². The molecule has 3 rings (SSSR count). The first kappa shape index (κ1) is 28.7. The van der Waals surface area contributed by atoms with Crippen LogP contribution in [-0.4, -0.2) is 47.2 Å². The first-order valence-electron chi connectivity index (χ1n) is 12.9. The van der Waals surface area contributed by atoms with Crippen molar-refractivity contribution in [2.24, 2.45) is 15.7 Å². The van der Waals surface area contributed by atoms with Gasteiger partial charge in [0.05, 0.1) is 29.3 Å². The van der Waals surface area contributed by atoms with Gasteiger partial charge >= 0.3 is 0 Å². The standard InChI is InChI=1S/C29H38BrN3O4/c1-5-10-20-17-33(28(32-30)26(20)19-11-7-6-8-12-19)18-23(34)21-15-22(29(2,3)4)27(36)24(16-21)37-14-9-13-25(31)35/h6-8,11-12,15-16,20,26,36H,5,9-10,13-14,17-18H2,1-4H3,(H2,31,35)/b32-28-/t20-,26+/m0/s1. The van der Waals surface area contributed by atoms with E-state index in [1.165, 1.54) is 5.56 Å². The average Bonchev–Trinajstić information content (AvgIpc) is 3.19. The smallest absolute Gasteiger partial charge is 0.217 e. The van der Waals surface area contributed by atoms with Crippen LogP contribution in [0.1, 0.15) is 80.8 Å². The van der Waals surface area contributed by atoms with Gasteiger partial charge in [-0.15, -0.1) is 0 Å². The number of hydrogen-bond acceptors (Lipinski definition) is 5. The Morgan fingerprint density at radius 1 is 1.22 bits per heavy atom. The topological polar surface area (TPSA) is 105 Å². The van der Waals surface area contributed by atoms with Gasteiger partial charge < -0.3 is 20.5 Å². The zero-order chi connectivity index (χ0) is 27.2. The fourth-order valence-corrected chi connectivity index (χ4v) is 5.44. The first-order chi connectivity index (χ1) is 17.6. The van der Waals surface area contributed by atoms with Crippen molar-refractivity contribution in [3.63, 3.8) is 0 Å². The molecule has 1 aliphatic heterocycles. The van der Waals surface area contributed by atoms with E-state index in [1.54, 1.807) is 12.1 Å². The molecule has 0 spiro atoms. The number of primary amides is 1. The monoisotopic (exact) mass is 571 g/mol. The Morgan fingerprint density at radius 3 is 2.51 bits per heavy atom. The normalized spacial score (nSPS) is 18.8. The Hall–Kier alpha value is -2.87. The quantitative estimate of drug-likeness (QED) is 0.264. The number of likely N-dealkylation sites (tertiary alicyclic amines) is 1. The van der Waals surface area contributed by atoms with E-state index in [2.05, 4.69) is 44.1 Å². The highest BCUT2D eigenvalue weighted by molar-refractivity contribution is 9.08. The number of Topliss-reactive ketones (excluding diaryl/α,β-unsaturated/α-hetero) is 1. The fraction of sp³-hybridized carbons (Fsp3) is 0.483. The first-order valence-corrected chi connectivity index (χ1v) is 13.6. The largest absolute Gasteiger partial charge is 0.504 e. The van der Waals surface area contributed by atoms with Crippen molar-refractivity contribution in [1.29, 1.82) is 0 Å². The molecule has 0 radical (unpaired) electrons. The van der Waals surface area contributed by atoms with Crippen LogP contribution < -0.4 is 10.5 Å². The highest BCUT2D eigenvalue weighted by Gasteiger charge is 2.39. The molecule has 1 amide bonds. The summed E-state index contributed by atoms with van der Waals surface area (Å²) in [6.07, 6.45) is 2.70. The van der Waals surface area contributed by atoms with Crippen LogP contribution in [0.25, 0.3) is 0 Å². The lowest BCUT2D eigenvalue weighted by molar-refractivity contribution is -0.118. The Balaban J connectivity index is 1.88. The summed E-state index contributed by atoms with van der Waals surface area (Å²) < 4.78 is 10.3. The number of phenolic OH excluding ortho intramolecular Hbond substituents is 1. The van der Waals surface area contributed by atoms with Crippen LogP contribution in [0.5, 0.6) is 11.5 Å². The Labute approximate surface area is 228 Å². The van der Waals surface area contributed by atoms with Gasteiger partial charge in [-0.3, -0.25) is 9.59 Å². The lowest BCUT2D eigenvalue weighted by Gasteiger charge is -2.24. The van der Waals surface area contributed by atoms with E-state index in [-0.39, 0.29) is 42.8 Å². The van der Waals surface area contributed by atoms with Gasteiger partial charge in [-0.25, -0.2) is 0 Å². The fourth-order valence-electron chi connectivity index (χ4n) is 5.00. The lowest BCUT2D eigenvalue weighted by atomic mass is 9.84. The molecule has 1 aliphatic rings. The Bertz CT molecular complexity index is 1130. The van der Waals surface area contributed by atoms with E-state index in [1.807, 2.05) is 39.0 Å². The second-order valence-electron chi connectivity index (χ2n) is 10.7. The molecular formula is C29H38BrN3O4. The second kappa shape index (κ2) is 12.6. The van der Waals surface area contributed by atoms with Crippen molar-refractivity contribution < 1.29 is 19.4 Å². The zero-order valence-corrected chi connectivity index (χ0v) is 23.8. The number of phenols is 1. The third-order valence-electron chi connectivity index (χ3n) is 6.80. The van der Waals surface area contributed by atoms with Crippen molar-refractivity contribution in [2.75, 3.05) is 19.7 Å². The van der Waals surface area contributed by atoms with Crippen molar-refractivity contribution in [2.45, 2.75) is 64.7 Å². The summed E-state index contributed by atoms with van der Waals surface area (Å²) in [6, 6.07) is 13.7. The number of nitrogens with zero attached hydrogens (tertiary/aromatic N) is 2. The molecule has 2 aromatic rings. The minimum absolute atomic E-state index is 0.0131. The summed E-state index contributed by atoms with van der Waals surface area (Å²) in [5.74, 6) is 1.09. The predicted octanol–water partition coefficient (Wildman–Crippen LogP) is 5.74. The Morgan fingerprint density at radius 2 is 1.92 bits per heavy atom. The minimum Gasteiger partial charge on any atom is -0.504 e. The van der Waals surface area contributed by atoms with Crippen LogP contribution in [0, 0.1) is 5.92 Å². The number of rotatable bonds is 11. The molecule has 1 heterocycles. The van der Waals surface area contributed by atoms with Gasteiger partial charge in [0.1, 0.15) is 5.84 Å². The number of carbonyl (C=O) groups excluding carboxylic acids is 2. The van der Waals surface area contributed by atoms with E-state index in [9.17, 15) is 14.7 Å². The van der Waals surface area contributed by atoms with E-state index in [0.29, 0.717) is 23.5 Å². The number of amidine groups is 1. The van der Waals surface area contributed by atoms with Gasteiger partial charge in [0.25, 0.3) is 0 Å². The molecule has 8 heteroatoms. The van der Waals surface area contributed by atoms with Crippen molar-refractivity contribution in [3.05, 3.63) is 59.2 Å². The number of carbonyl (C=O) groups is 2. The minimum atomic E-state index is -0.410. The molecule has 37 heavy (non-hydrogen) atoms. The molecular weight excluding hydrogens is 534 g/mol. The maximum atomic E-state index is 13.6. The van der Waals surface area contributed by atoms with Crippen molar-refractivity contribution >= 4 is 33.7 Å². The summed E-state index contributed by atoms with van der Waals surface area (Å²) in [4.78, 5) is 26.7. The molecule has 7 nitrogen and oxygen atoms in total. The highest BCUT2D eigenvalue weighted by Crippen LogP contribution is 2.40. The van der Waals surface area contributed by atoms with Gasteiger partial charge in [-0.05, 0) is 41.9 Å². The Kier molecular flexibility index (Phi) is 9.76. The van der Waals surface area contributed by atoms with Crippen molar-refractivity contribution in [3.8, 4) is 11.5 Å². The number of ether oxygens (including phenoxy) is 1. The third kappa shape index (κ3) is 7.12. The SMILES string of the molecule is CCC[C@H]1CN(CC(=O)c2cc(OCCCC(N)=O)c(O)c(C(C)(C)C)c2)/C(=N\Br)[C@@H]1c1ccccc1. The highest BCUT2D eigenvalue weighted by atomic mass is 79.9. The number of halogens is 1. The van der Waals surface area contributed by atoms with E-state index < -0.39 is 11.3 Å². The molecule has 1 saturated heterocycles. The molecule has 1 fully saturated rings. The predicted molar refractivity (Wildman–Crippen MR) is 151 cm³/mol. The zero-order valence-electron chi connectivity index (χ0n) is 22.2. The third-order valence-corrected chi connectivity index (χ3v) is 7.16. The summed E-state index contributed by atoms with van der Waals surface area (Å²) in [6.45, 7) is 9.22. The molecule has 2 atom stereocenters. The maximum absolute atomic E-state index is 13.6. The van der Waals surface area contributed by atoms with Gasteiger partial charge in [0, 0.05) is 30.0 Å². The molecule has 0 aromatic heterocycles. The maximum Gasteiger partial charge on any atom is 0.217 e. The summed E-state index contributed by atoms with van der Waals surface area (Å²) >= 11 is 3.33. The van der Waals surface area contributed by atoms with E-state index >= 15 is 0 Å². The lowest BCUT2D eigenvalue weighted by Crippen LogP contribution is -2.32. The summed E-state index contributed by atoms with van der Waals surface area (Å²) in [7, 11) is 0. The molecule has 0 saturated carbocycles. The molecule has 0 unspecified atom stereocenters. The summed E-state index contributed by atoms with van der Waals surface area (Å²) in [5.41, 5.74) is 7.10. The number of ketones is 1. The van der Waals surface area contributed by atoms with Crippen LogP contribution in [0.15, 0.2) is 46.5 Å². The molecule has 0 aliphatic carbocycles. The van der Waals surface area contributed by atoms with E-state index in [4.69, 9.17) is 10.5 Å². The van der Waals surface area contributed by atoms with Crippen LogP contribution in [0.4, 0.5) is 0 Å². The van der Waals surface area contributed by atoms with E-state index in [0.717, 1.165) is 25.2 Å². The second-order valence-corrected chi connectivity index (χ2v) is 11.1. The van der Waals surface area contributed by atoms with Gasteiger partial charge in [-0.2, -0.15) is 4.02 Å². The molecule has 0 bridgehead atoms. The molecule has 200 valence electrons.